The van der Waals surface area contributed by atoms with E-state index in [1.807, 2.05) is 36.4 Å². The van der Waals surface area contributed by atoms with E-state index in [2.05, 4.69) is 16.8 Å². The molecule has 2 aromatic carbocycles. The predicted molar refractivity (Wildman–Crippen MR) is 123 cm³/mol. The van der Waals surface area contributed by atoms with Crippen LogP contribution in [0.1, 0.15) is 44.3 Å². The third-order valence-electron chi connectivity index (χ3n) is 6.46. The molecule has 3 heterocycles. The number of anilines is 1. The van der Waals surface area contributed by atoms with Gasteiger partial charge in [0.1, 0.15) is 11.6 Å². The lowest BCUT2D eigenvalue weighted by atomic mass is 9.95. The molecule has 0 unspecified atom stereocenters. The number of aromatic amines is 1. The third kappa shape index (κ3) is 3.88. The van der Waals surface area contributed by atoms with Gasteiger partial charge in [0.2, 0.25) is 5.91 Å². The number of H-pyrrole nitrogens is 1. The van der Waals surface area contributed by atoms with Gasteiger partial charge in [-0.15, -0.1) is 0 Å². The van der Waals surface area contributed by atoms with Crippen molar-refractivity contribution < 1.29 is 14.3 Å². The van der Waals surface area contributed by atoms with E-state index in [4.69, 9.17) is 9.72 Å². The number of fused-ring (bicyclic) bond motifs is 1. The molecular formula is C25H28N4O3. The molecule has 2 aliphatic rings. The molecule has 7 heteroatoms. The first-order chi connectivity index (χ1) is 15.6. The van der Waals surface area contributed by atoms with Crippen LogP contribution in [0, 0.1) is 0 Å². The van der Waals surface area contributed by atoms with Crippen molar-refractivity contribution in [2.24, 2.45) is 0 Å². The van der Waals surface area contributed by atoms with Gasteiger partial charge >= 0.3 is 0 Å². The van der Waals surface area contributed by atoms with Crippen molar-refractivity contribution in [3.8, 4) is 5.75 Å². The van der Waals surface area contributed by atoms with Gasteiger partial charge in [-0.05, 0) is 68.8 Å². The van der Waals surface area contributed by atoms with E-state index in [1.54, 1.807) is 12.1 Å². The summed E-state index contributed by atoms with van der Waals surface area (Å²) in [5.74, 6) is 1.85. The highest BCUT2D eigenvalue weighted by Gasteiger charge is 2.43. The molecule has 0 bridgehead atoms. The zero-order chi connectivity index (χ0) is 22.1. The summed E-state index contributed by atoms with van der Waals surface area (Å²) in [6.45, 7) is 4.26. The van der Waals surface area contributed by atoms with E-state index in [0.717, 1.165) is 55.0 Å². The van der Waals surface area contributed by atoms with Crippen LogP contribution in [-0.2, 0) is 9.59 Å². The van der Waals surface area contributed by atoms with Gasteiger partial charge in [-0.3, -0.25) is 14.5 Å². The van der Waals surface area contributed by atoms with Gasteiger partial charge in [0.05, 0.1) is 35.8 Å². The number of carbonyl (C=O) groups is 2. The van der Waals surface area contributed by atoms with E-state index < -0.39 is 0 Å². The number of nitrogens with zero attached hydrogens (tertiary/aromatic N) is 3. The number of rotatable bonds is 6. The average molecular weight is 433 g/mol. The van der Waals surface area contributed by atoms with Crippen LogP contribution in [0.3, 0.4) is 0 Å². The Hall–Kier alpha value is -3.19. The van der Waals surface area contributed by atoms with E-state index in [-0.39, 0.29) is 24.3 Å². The molecule has 1 aromatic heterocycles. The maximum absolute atomic E-state index is 13.2. The molecule has 1 atom stereocenters. The van der Waals surface area contributed by atoms with E-state index in [1.165, 1.54) is 4.90 Å². The highest BCUT2D eigenvalue weighted by atomic mass is 16.5. The molecule has 1 N–H and O–H groups in total. The largest absolute Gasteiger partial charge is 0.494 e. The zero-order valence-electron chi connectivity index (χ0n) is 18.3. The first-order valence-electron chi connectivity index (χ1n) is 11.4. The number of hydrogen-bond acceptors (Lipinski definition) is 5. The number of aromatic nitrogens is 2. The van der Waals surface area contributed by atoms with Crippen LogP contribution < -0.4 is 9.64 Å². The summed E-state index contributed by atoms with van der Waals surface area (Å²) < 4.78 is 5.60. The molecule has 0 saturated carbocycles. The second kappa shape index (κ2) is 8.74. The highest BCUT2D eigenvalue weighted by Crippen LogP contribution is 2.32. The number of carbonyl (C=O) groups excluding carboxylic acids is 2. The average Bonchev–Trinajstić information content (AvgIpc) is 3.39. The molecule has 166 valence electrons. The van der Waals surface area contributed by atoms with Crippen LogP contribution in [0.5, 0.6) is 5.75 Å². The van der Waals surface area contributed by atoms with Gasteiger partial charge < -0.3 is 9.72 Å². The molecule has 0 aliphatic carbocycles. The lowest BCUT2D eigenvalue weighted by molar-refractivity contribution is -0.123. The van der Waals surface area contributed by atoms with Crippen molar-refractivity contribution >= 4 is 28.5 Å². The van der Waals surface area contributed by atoms with Crippen LogP contribution in [0.25, 0.3) is 11.0 Å². The summed E-state index contributed by atoms with van der Waals surface area (Å²) in [5, 5.41) is 0. The van der Waals surface area contributed by atoms with Crippen molar-refractivity contribution in [1.29, 1.82) is 0 Å². The minimum absolute atomic E-state index is 0.126. The molecule has 3 aromatic rings. The minimum atomic E-state index is -0.379. The number of ether oxygens (including phenoxy) is 1. The van der Waals surface area contributed by atoms with Crippen molar-refractivity contribution in [2.45, 2.75) is 44.6 Å². The molecule has 7 nitrogen and oxygen atoms in total. The van der Waals surface area contributed by atoms with Crippen LogP contribution in [0.4, 0.5) is 5.69 Å². The maximum atomic E-state index is 13.2. The first kappa shape index (κ1) is 20.7. The summed E-state index contributed by atoms with van der Waals surface area (Å²) in [6.07, 6.45) is 3.00. The number of nitrogens with one attached hydrogen (secondary N) is 1. The Labute approximate surface area is 187 Å². The molecular weight excluding hydrogens is 404 g/mol. The standard InChI is InChI=1S/C25H28N4O3/c1-2-15-32-19-9-7-18(8-10-19)29-23(30)16-22(25(29)31)28-13-11-17(12-14-28)24-26-20-5-3-4-6-21(20)27-24/h3-10,17,22H,2,11-16H2,1H3,(H,26,27)/t22-/m1/s1. The summed E-state index contributed by atoms with van der Waals surface area (Å²) in [5.41, 5.74) is 2.66. The zero-order valence-corrected chi connectivity index (χ0v) is 18.3. The Morgan fingerprint density at radius 1 is 1.06 bits per heavy atom. The summed E-state index contributed by atoms with van der Waals surface area (Å²) in [4.78, 5) is 37.6. The first-order valence-corrected chi connectivity index (χ1v) is 11.4. The fourth-order valence-electron chi connectivity index (χ4n) is 4.73. The molecule has 0 spiro atoms. The SMILES string of the molecule is CCCOc1ccc(N2C(=O)C[C@@H](N3CCC(c4nc5ccccc5[nH]4)CC3)C2=O)cc1. The van der Waals surface area contributed by atoms with Gasteiger partial charge in [0.15, 0.2) is 0 Å². The Morgan fingerprint density at radius 3 is 2.53 bits per heavy atom. The van der Waals surface area contributed by atoms with E-state index in [9.17, 15) is 9.59 Å². The van der Waals surface area contributed by atoms with E-state index in [0.29, 0.717) is 18.2 Å². The summed E-state index contributed by atoms with van der Waals surface area (Å²) in [6, 6.07) is 14.9. The lowest BCUT2D eigenvalue weighted by Crippen LogP contribution is -2.45. The smallest absolute Gasteiger partial charge is 0.251 e. The molecule has 5 rings (SSSR count). The Kier molecular flexibility index (Phi) is 5.66. The van der Waals surface area contributed by atoms with Crippen molar-refractivity contribution in [3.63, 3.8) is 0 Å². The fourth-order valence-corrected chi connectivity index (χ4v) is 4.73. The quantitative estimate of drug-likeness (QED) is 0.599. The van der Waals surface area contributed by atoms with Crippen LogP contribution in [0.2, 0.25) is 0 Å². The number of imidazole rings is 1. The van der Waals surface area contributed by atoms with Crippen molar-refractivity contribution in [2.75, 3.05) is 24.6 Å². The molecule has 2 saturated heterocycles. The number of amides is 2. The fraction of sp³-hybridized carbons (Fsp3) is 0.400. The number of likely N-dealkylation sites (tertiary alicyclic amines) is 1. The van der Waals surface area contributed by atoms with Gasteiger partial charge in [-0.1, -0.05) is 19.1 Å². The predicted octanol–water partition coefficient (Wildman–Crippen LogP) is 3.86. The summed E-state index contributed by atoms with van der Waals surface area (Å²) >= 11 is 0. The van der Waals surface area contributed by atoms with Gasteiger partial charge in [-0.25, -0.2) is 9.88 Å². The van der Waals surface area contributed by atoms with Crippen molar-refractivity contribution in [3.05, 3.63) is 54.4 Å². The van der Waals surface area contributed by atoms with Crippen LogP contribution >= 0.6 is 0 Å². The van der Waals surface area contributed by atoms with Gasteiger partial charge in [-0.2, -0.15) is 0 Å². The van der Waals surface area contributed by atoms with Gasteiger partial charge in [0, 0.05) is 5.92 Å². The Balaban J connectivity index is 1.23. The monoisotopic (exact) mass is 432 g/mol. The molecule has 2 fully saturated rings. The van der Waals surface area contributed by atoms with Gasteiger partial charge in [0.25, 0.3) is 5.91 Å². The second-order valence-electron chi connectivity index (χ2n) is 8.58. The Bertz CT molecular complexity index is 1080. The molecule has 2 amide bonds. The number of benzene rings is 2. The molecule has 0 radical (unpaired) electrons. The Morgan fingerprint density at radius 2 is 1.81 bits per heavy atom. The molecule has 2 aliphatic heterocycles. The number of para-hydroxylation sites is 2. The second-order valence-corrected chi connectivity index (χ2v) is 8.58. The number of imide groups is 1. The highest BCUT2D eigenvalue weighted by molar-refractivity contribution is 6.22. The van der Waals surface area contributed by atoms with E-state index >= 15 is 0 Å². The lowest BCUT2D eigenvalue weighted by Gasteiger charge is -2.34. The normalized spacial score (nSPS) is 20.4. The number of piperidine rings is 1. The van der Waals surface area contributed by atoms with Crippen LogP contribution in [0.15, 0.2) is 48.5 Å². The van der Waals surface area contributed by atoms with Crippen LogP contribution in [-0.4, -0.2) is 52.4 Å². The van der Waals surface area contributed by atoms with Crippen molar-refractivity contribution in [1.82, 2.24) is 14.9 Å². The minimum Gasteiger partial charge on any atom is -0.494 e. The summed E-state index contributed by atoms with van der Waals surface area (Å²) in [7, 11) is 0. The number of hydrogen-bond donors (Lipinski definition) is 1. The third-order valence-corrected chi connectivity index (χ3v) is 6.46. The molecule has 32 heavy (non-hydrogen) atoms. The topological polar surface area (TPSA) is 78.5 Å². The maximum Gasteiger partial charge on any atom is 0.251 e.